The van der Waals surface area contributed by atoms with Crippen LogP contribution in [-0.2, 0) is 9.63 Å². The molecule has 51 heavy (non-hydrogen) atoms. The average Bonchev–Trinajstić information content (AvgIpc) is 3.89. The van der Waals surface area contributed by atoms with Gasteiger partial charge in [-0.05, 0) is 61.1 Å². The van der Waals surface area contributed by atoms with Gasteiger partial charge in [-0.15, -0.1) is 0 Å². The fraction of sp³-hybridized carbons (Fsp3) is 0.436. The van der Waals surface area contributed by atoms with E-state index in [1.165, 1.54) is 25.5 Å². The molecule has 0 aromatic heterocycles. The van der Waals surface area contributed by atoms with Crippen molar-refractivity contribution in [2.45, 2.75) is 63.2 Å². The van der Waals surface area contributed by atoms with Gasteiger partial charge >= 0.3 is 0 Å². The van der Waals surface area contributed by atoms with Gasteiger partial charge in [0, 0.05) is 69.4 Å². The Labute approximate surface area is 300 Å². The zero-order valence-corrected chi connectivity index (χ0v) is 29.7. The molecule has 0 bridgehead atoms. The Hall–Kier alpha value is -4.62. The summed E-state index contributed by atoms with van der Waals surface area (Å²) in [6.45, 7) is 11.7. The average molecular weight is 694 g/mol. The smallest absolute Gasteiger partial charge is 0.247 e. The number of hydrogen-bond donors (Lipinski definition) is 5. The molecule has 4 aliphatic rings. The van der Waals surface area contributed by atoms with E-state index in [2.05, 4.69) is 68.5 Å². The number of nitrogens with two attached hydrogens (primary N) is 1. The summed E-state index contributed by atoms with van der Waals surface area (Å²) in [7, 11) is 1.62. The van der Waals surface area contributed by atoms with E-state index >= 15 is 0 Å². The maximum absolute atomic E-state index is 12.6. The first kappa shape index (κ1) is 34.8. The number of carbonyl (C=O) groups is 1. The van der Waals surface area contributed by atoms with Crippen LogP contribution in [0.4, 0.5) is 17.1 Å². The molecule has 2 atom stereocenters. The van der Waals surface area contributed by atoms with Gasteiger partial charge in [-0.1, -0.05) is 49.0 Å². The second-order valence-electron chi connectivity index (χ2n) is 14.0. The lowest BCUT2D eigenvalue weighted by Crippen LogP contribution is -2.57. The van der Waals surface area contributed by atoms with Gasteiger partial charge in [0.1, 0.15) is 17.4 Å². The summed E-state index contributed by atoms with van der Waals surface area (Å²) in [4.78, 5) is 26.3. The van der Waals surface area contributed by atoms with E-state index in [0.29, 0.717) is 41.6 Å². The molecule has 6 N–H and O–H groups in total. The van der Waals surface area contributed by atoms with E-state index in [4.69, 9.17) is 20.8 Å². The van der Waals surface area contributed by atoms with Crippen LogP contribution in [0.2, 0.25) is 0 Å². The summed E-state index contributed by atoms with van der Waals surface area (Å²) in [6, 6.07) is 20.1. The first-order valence-corrected chi connectivity index (χ1v) is 18.2. The number of amidine groups is 1. The van der Waals surface area contributed by atoms with Crippen LogP contribution in [0.1, 0.15) is 50.6 Å². The number of benzene rings is 3. The van der Waals surface area contributed by atoms with Crippen LogP contribution < -0.4 is 31.5 Å². The van der Waals surface area contributed by atoms with Gasteiger partial charge in [0.25, 0.3) is 0 Å². The van der Waals surface area contributed by atoms with Crippen molar-refractivity contribution >= 4 is 39.6 Å². The molecule has 12 nitrogen and oxygen atoms in total. The predicted molar refractivity (Wildman–Crippen MR) is 204 cm³/mol. The van der Waals surface area contributed by atoms with Crippen LogP contribution in [0.3, 0.4) is 0 Å². The second kappa shape index (κ2) is 15.3. The minimum absolute atomic E-state index is 0.131. The van der Waals surface area contributed by atoms with Crippen molar-refractivity contribution in [1.29, 1.82) is 5.41 Å². The summed E-state index contributed by atoms with van der Waals surface area (Å²) < 4.78 is 5.87. The van der Waals surface area contributed by atoms with Crippen molar-refractivity contribution in [3.8, 4) is 5.75 Å². The van der Waals surface area contributed by atoms with Gasteiger partial charge < -0.3 is 25.7 Å². The van der Waals surface area contributed by atoms with E-state index in [1.54, 1.807) is 18.2 Å². The topological polar surface area (TPSA) is 134 Å². The lowest BCUT2D eigenvalue weighted by molar-refractivity contribution is -0.111. The standard InChI is InChI=1S/C39H51N9O3/c1-4-39(49)43-32-22-33(36(50-3)23-35(32)45-17-14-28(15-18-45)46-19-20-47(26(2)25-46)29-12-13-29)42-38(44-41)24-37(40)48-34(16-21-51-48)31-11-7-9-27-8-5-6-10-30(27)31/h4-11,22-24,26,28-29,34,40,42,44H,1,12-21,25,41H2,2-3H3,(H,43,49)/b38-24-,40-37?/t26-,34-/m1/s1. The van der Waals surface area contributed by atoms with Crippen molar-refractivity contribution in [2.24, 2.45) is 5.84 Å². The van der Waals surface area contributed by atoms with Gasteiger partial charge in [-0.3, -0.25) is 24.8 Å². The molecule has 12 heteroatoms. The van der Waals surface area contributed by atoms with Gasteiger partial charge in [0.15, 0.2) is 0 Å². The number of hydrogen-bond acceptors (Lipinski definition) is 10. The minimum atomic E-state index is -0.301. The third-order valence-corrected chi connectivity index (χ3v) is 10.8. The van der Waals surface area contributed by atoms with E-state index in [-0.39, 0.29) is 17.8 Å². The lowest BCUT2D eigenvalue weighted by atomic mass is 9.97. The molecular weight excluding hydrogens is 642 g/mol. The molecular formula is C39H51N9O3. The SMILES string of the molecule is C=CC(=O)Nc1cc(N/C(=C/C(=N)N2OCC[C@@H]2c2cccc3ccccc23)NN)c(OC)cc1N1CCC(N2CCN(C3CC3)[C@H](C)C2)CC1. The van der Waals surface area contributed by atoms with Gasteiger partial charge in [-0.2, -0.15) is 0 Å². The largest absolute Gasteiger partial charge is 0.494 e. The molecule has 7 rings (SSSR count). The number of piperidine rings is 1. The quantitative estimate of drug-likeness (QED) is 0.0601. The number of nitrogens with one attached hydrogen (secondary N) is 4. The maximum atomic E-state index is 12.6. The number of rotatable bonds is 11. The molecule has 1 saturated carbocycles. The fourth-order valence-corrected chi connectivity index (χ4v) is 8.12. The van der Waals surface area contributed by atoms with Crippen LogP contribution in [0, 0.1) is 5.41 Å². The number of piperazine rings is 1. The maximum Gasteiger partial charge on any atom is 0.247 e. The molecule has 3 aliphatic heterocycles. The van der Waals surface area contributed by atoms with Crippen molar-refractivity contribution < 1.29 is 14.4 Å². The summed E-state index contributed by atoms with van der Waals surface area (Å²) in [6.07, 6.45) is 8.43. The first-order valence-electron chi connectivity index (χ1n) is 18.2. The Morgan fingerprint density at radius 2 is 1.76 bits per heavy atom. The first-order chi connectivity index (χ1) is 24.9. The fourth-order valence-electron chi connectivity index (χ4n) is 8.12. The lowest BCUT2D eigenvalue weighted by Gasteiger charge is -2.46. The summed E-state index contributed by atoms with van der Waals surface area (Å²) in [5.41, 5.74) is 5.90. The van der Waals surface area contributed by atoms with Crippen LogP contribution in [0.5, 0.6) is 5.75 Å². The number of fused-ring (bicyclic) bond motifs is 1. The van der Waals surface area contributed by atoms with E-state index in [1.807, 2.05) is 30.3 Å². The van der Waals surface area contributed by atoms with Crippen molar-refractivity contribution in [1.82, 2.24) is 20.3 Å². The number of ether oxygens (including phenoxy) is 1. The number of anilines is 3. The number of carbonyl (C=O) groups excluding carboxylic acids is 1. The molecule has 0 spiro atoms. The Kier molecular flexibility index (Phi) is 10.5. The van der Waals surface area contributed by atoms with Gasteiger partial charge in [0.2, 0.25) is 5.91 Å². The molecule has 0 unspecified atom stereocenters. The van der Waals surface area contributed by atoms with Crippen LogP contribution in [-0.4, -0.2) is 91.2 Å². The third-order valence-electron chi connectivity index (χ3n) is 10.8. The number of nitrogens with zero attached hydrogens (tertiary/aromatic N) is 4. The van der Waals surface area contributed by atoms with E-state index < -0.39 is 0 Å². The normalized spacial score (nSPS) is 22.2. The molecule has 4 fully saturated rings. The summed E-state index contributed by atoms with van der Waals surface area (Å²) in [5.74, 6) is 6.76. The highest BCUT2D eigenvalue weighted by Gasteiger charge is 2.38. The number of hydroxylamine groups is 2. The monoisotopic (exact) mass is 693 g/mol. The van der Waals surface area contributed by atoms with Gasteiger partial charge in [-0.25, -0.2) is 10.9 Å². The van der Waals surface area contributed by atoms with Crippen LogP contribution in [0.25, 0.3) is 10.8 Å². The Bertz CT molecular complexity index is 1780. The highest BCUT2D eigenvalue weighted by atomic mass is 16.7. The minimum Gasteiger partial charge on any atom is -0.494 e. The molecule has 270 valence electrons. The summed E-state index contributed by atoms with van der Waals surface area (Å²) in [5, 5.41) is 19.2. The van der Waals surface area contributed by atoms with Crippen LogP contribution >= 0.6 is 0 Å². The Balaban J connectivity index is 1.08. The number of amides is 1. The highest BCUT2D eigenvalue weighted by Crippen LogP contribution is 2.40. The molecule has 1 aliphatic carbocycles. The second-order valence-corrected chi connectivity index (χ2v) is 14.0. The zero-order chi connectivity index (χ0) is 35.5. The molecule has 0 radical (unpaired) electrons. The Morgan fingerprint density at radius 1 is 0.980 bits per heavy atom. The van der Waals surface area contributed by atoms with Crippen molar-refractivity contribution in [3.63, 3.8) is 0 Å². The van der Waals surface area contributed by atoms with E-state index in [0.717, 1.165) is 73.5 Å². The van der Waals surface area contributed by atoms with E-state index in [9.17, 15) is 4.79 Å². The molecule has 3 aromatic rings. The molecule has 1 amide bonds. The molecule has 3 aromatic carbocycles. The summed E-state index contributed by atoms with van der Waals surface area (Å²) >= 11 is 0. The van der Waals surface area contributed by atoms with Gasteiger partial charge in [0.05, 0.1) is 36.8 Å². The van der Waals surface area contributed by atoms with Crippen molar-refractivity contribution in [2.75, 3.05) is 62.0 Å². The van der Waals surface area contributed by atoms with Crippen LogP contribution in [0.15, 0.2) is 79.1 Å². The zero-order valence-electron chi connectivity index (χ0n) is 29.7. The molecule has 3 heterocycles. The third kappa shape index (κ3) is 7.55. The highest BCUT2D eigenvalue weighted by molar-refractivity contribution is 6.02. The molecule has 3 saturated heterocycles. The van der Waals surface area contributed by atoms with Crippen molar-refractivity contribution in [3.05, 3.63) is 84.7 Å². The Morgan fingerprint density at radius 3 is 2.49 bits per heavy atom. The predicted octanol–water partition coefficient (Wildman–Crippen LogP) is 5.18. The number of methoxy groups -OCH3 is 1. The number of hydrazine groups is 1.